The number of hydrogen-bond acceptors (Lipinski definition) is 5. The lowest BCUT2D eigenvalue weighted by molar-refractivity contribution is -0.124. The highest BCUT2D eigenvalue weighted by Crippen LogP contribution is 2.27. The molecular formula is C19H21NO5. The molecule has 0 aliphatic carbocycles. The van der Waals surface area contributed by atoms with Crippen LogP contribution in [0.5, 0.6) is 11.5 Å². The third-order valence-electron chi connectivity index (χ3n) is 3.64. The minimum Gasteiger partial charge on any atom is -0.493 e. The molecule has 0 saturated heterocycles. The van der Waals surface area contributed by atoms with Crippen LogP contribution in [0.2, 0.25) is 0 Å². The van der Waals surface area contributed by atoms with Crippen LogP contribution >= 0.6 is 0 Å². The summed E-state index contributed by atoms with van der Waals surface area (Å²) in [4.78, 5) is 23.8. The predicted octanol–water partition coefficient (Wildman–Crippen LogP) is 2.49. The fourth-order valence-corrected chi connectivity index (χ4v) is 2.25. The van der Waals surface area contributed by atoms with E-state index >= 15 is 0 Å². The Labute approximate surface area is 146 Å². The number of aryl methyl sites for hydroxylation is 1. The molecule has 0 atom stereocenters. The van der Waals surface area contributed by atoms with Crippen molar-refractivity contribution >= 4 is 11.9 Å². The third kappa shape index (κ3) is 4.97. The fourth-order valence-electron chi connectivity index (χ4n) is 2.25. The molecule has 1 amide bonds. The van der Waals surface area contributed by atoms with Gasteiger partial charge in [-0.05, 0) is 36.2 Å². The van der Waals surface area contributed by atoms with Crippen LogP contribution in [0.25, 0.3) is 0 Å². The predicted molar refractivity (Wildman–Crippen MR) is 92.9 cm³/mol. The molecule has 25 heavy (non-hydrogen) atoms. The van der Waals surface area contributed by atoms with Crippen LogP contribution in [-0.2, 0) is 16.1 Å². The molecule has 0 unspecified atom stereocenters. The van der Waals surface area contributed by atoms with Gasteiger partial charge in [0.1, 0.15) is 0 Å². The Morgan fingerprint density at radius 2 is 1.72 bits per heavy atom. The molecule has 132 valence electrons. The molecule has 0 radical (unpaired) electrons. The van der Waals surface area contributed by atoms with Gasteiger partial charge in [0.15, 0.2) is 18.1 Å². The Balaban J connectivity index is 1.85. The average Bonchev–Trinajstić information content (AvgIpc) is 2.64. The number of ether oxygens (including phenoxy) is 3. The first-order valence-electron chi connectivity index (χ1n) is 7.75. The summed E-state index contributed by atoms with van der Waals surface area (Å²) >= 11 is 0. The van der Waals surface area contributed by atoms with Gasteiger partial charge in [0.05, 0.1) is 19.8 Å². The van der Waals surface area contributed by atoms with Crippen LogP contribution in [0.4, 0.5) is 0 Å². The second-order valence-corrected chi connectivity index (χ2v) is 5.36. The topological polar surface area (TPSA) is 73.9 Å². The van der Waals surface area contributed by atoms with Crippen molar-refractivity contribution in [1.29, 1.82) is 0 Å². The summed E-state index contributed by atoms with van der Waals surface area (Å²) in [5.41, 5.74) is 2.10. The zero-order valence-corrected chi connectivity index (χ0v) is 14.5. The van der Waals surface area contributed by atoms with Gasteiger partial charge in [-0.1, -0.05) is 24.3 Å². The minimum atomic E-state index is -0.514. The van der Waals surface area contributed by atoms with Crippen LogP contribution in [0.3, 0.4) is 0 Å². The number of esters is 1. The highest BCUT2D eigenvalue weighted by atomic mass is 16.5. The zero-order chi connectivity index (χ0) is 18.2. The summed E-state index contributed by atoms with van der Waals surface area (Å²) in [5, 5.41) is 2.70. The molecule has 6 heteroatoms. The first-order chi connectivity index (χ1) is 12.0. The Morgan fingerprint density at radius 3 is 2.40 bits per heavy atom. The second-order valence-electron chi connectivity index (χ2n) is 5.36. The van der Waals surface area contributed by atoms with E-state index in [-0.39, 0.29) is 12.5 Å². The summed E-state index contributed by atoms with van der Waals surface area (Å²) in [6.45, 7) is 1.77. The average molecular weight is 343 g/mol. The van der Waals surface area contributed by atoms with E-state index in [0.29, 0.717) is 23.6 Å². The van der Waals surface area contributed by atoms with E-state index in [9.17, 15) is 9.59 Å². The molecule has 2 aromatic carbocycles. The van der Waals surface area contributed by atoms with Crippen LogP contribution in [0.15, 0.2) is 42.5 Å². The van der Waals surface area contributed by atoms with E-state index in [1.807, 2.05) is 25.1 Å². The van der Waals surface area contributed by atoms with Crippen molar-refractivity contribution in [3.8, 4) is 11.5 Å². The molecule has 0 aliphatic heterocycles. The van der Waals surface area contributed by atoms with Crippen LogP contribution in [-0.4, -0.2) is 32.7 Å². The molecular weight excluding hydrogens is 322 g/mol. The van der Waals surface area contributed by atoms with Gasteiger partial charge in [-0.15, -0.1) is 0 Å². The maximum Gasteiger partial charge on any atom is 0.338 e. The van der Waals surface area contributed by atoms with Crippen molar-refractivity contribution in [2.45, 2.75) is 13.5 Å². The summed E-state index contributed by atoms with van der Waals surface area (Å²) in [6, 6.07) is 12.4. The molecule has 1 N–H and O–H groups in total. The lowest BCUT2D eigenvalue weighted by Crippen LogP contribution is -2.28. The SMILES string of the molecule is COc1ccc(CNC(=O)COC(=O)c2ccccc2C)cc1OC. The lowest BCUT2D eigenvalue weighted by Gasteiger charge is -2.11. The number of methoxy groups -OCH3 is 2. The molecule has 0 bridgehead atoms. The number of nitrogens with one attached hydrogen (secondary N) is 1. The first-order valence-corrected chi connectivity index (χ1v) is 7.75. The molecule has 0 aromatic heterocycles. The van der Waals surface area contributed by atoms with Gasteiger partial charge in [-0.25, -0.2) is 4.79 Å². The highest BCUT2D eigenvalue weighted by Gasteiger charge is 2.12. The van der Waals surface area contributed by atoms with E-state index < -0.39 is 5.97 Å². The molecule has 0 heterocycles. The lowest BCUT2D eigenvalue weighted by atomic mass is 10.1. The number of benzene rings is 2. The monoisotopic (exact) mass is 343 g/mol. The highest BCUT2D eigenvalue weighted by molar-refractivity contribution is 5.92. The number of hydrogen-bond donors (Lipinski definition) is 1. The van der Waals surface area contributed by atoms with E-state index in [0.717, 1.165) is 11.1 Å². The molecule has 0 fully saturated rings. The second kappa shape index (κ2) is 8.73. The summed E-state index contributed by atoms with van der Waals surface area (Å²) in [5.74, 6) is 0.307. The van der Waals surface area contributed by atoms with E-state index in [1.165, 1.54) is 0 Å². The van der Waals surface area contributed by atoms with Gasteiger partial charge in [0.25, 0.3) is 5.91 Å². The van der Waals surface area contributed by atoms with Crippen molar-refractivity contribution in [3.63, 3.8) is 0 Å². The van der Waals surface area contributed by atoms with Crippen LogP contribution < -0.4 is 14.8 Å². The standard InChI is InChI=1S/C19H21NO5/c1-13-6-4-5-7-15(13)19(22)25-12-18(21)20-11-14-8-9-16(23-2)17(10-14)24-3/h4-10H,11-12H2,1-3H3,(H,20,21). The third-order valence-corrected chi connectivity index (χ3v) is 3.64. The van der Waals surface area contributed by atoms with Gasteiger partial charge < -0.3 is 19.5 Å². The number of rotatable bonds is 7. The minimum absolute atomic E-state index is 0.293. The van der Waals surface area contributed by atoms with Crippen LogP contribution in [0.1, 0.15) is 21.5 Å². The summed E-state index contributed by atoms with van der Waals surface area (Å²) in [7, 11) is 3.10. The number of amides is 1. The Hall–Kier alpha value is -3.02. The van der Waals surface area contributed by atoms with Gasteiger partial charge >= 0.3 is 5.97 Å². The molecule has 2 aromatic rings. The largest absolute Gasteiger partial charge is 0.493 e. The normalized spacial score (nSPS) is 10.0. The number of carbonyl (C=O) groups excluding carboxylic acids is 2. The van der Waals surface area contributed by atoms with Crippen molar-refractivity contribution in [2.24, 2.45) is 0 Å². The van der Waals surface area contributed by atoms with Gasteiger partial charge in [0, 0.05) is 6.54 Å². The van der Waals surface area contributed by atoms with Gasteiger partial charge in [-0.3, -0.25) is 4.79 Å². The molecule has 0 spiro atoms. The molecule has 0 aliphatic rings. The van der Waals surface area contributed by atoms with Crippen molar-refractivity contribution in [3.05, 3.63) is 59.2 Å². The van der Waals surface area contributed by atoms with Crippen LogP contribution in [0, 0.1) is 6.92 Å². The maximum atomic E-state index is 12.0. The van der Waals surface area contributed by atoms with Crippen molar-refractivity contribution < 1.29 is 23.8 Å². The van der Waals surface area contributed by atoms with E-state index in [2.05, 4.69) is 5.32 Å². The van der Waals surface area contributed by atoms with Gasteiger partial charge in [-0.2, -0.15) is 0 Å². The Morgan fingerprint density at radius 1 is 1.00 bits per heavy atom. The van der Waals surface area contributed by atoms with Gasteiger partial charge in [0.2, 0.25) is 0 Å². The first kappa shape index (κ1) is 18.3. The molecule has 0 saturated carbocycles. The quantitative estimate of drug-likeness (QED) is 0.782. The van der Waals surface area contributed by atoms with E-state index in [1.54, 1.807) is 38.5 Å². The Bertz CT molecular complexity index is 757. The van der Waals surface area contributed by atoms with Crippen molar-refractivity contribution in [1.82, 2.24) is 5.32 Å². The fraction of sp³-hybridized carbons (Fsp3) is 0.263. The Kier molecular flexibility index (Phi) is 6.39. The smallest absolute Gasteiger partial charge is 0.338 e. The molecule has 6 nitrogen and oxygen atoms in total. The zero-order valence-electron chi connectivity index (χ0n) is 14.5. The maximum absolute atomic E-state index is 12.0. The number of carbonyl (C=O) groups is 2. The summed E-state index contributed by atoms with van der Waals surface area (Å²) in [6.07, 6.45) is 0. The van der Waals surface area contributed by atoms with E-state index in [4.69, 9.17) is 14.2 Å². The van der Waals surface area contributed by atoms with Crippen molar-refractivity contribution in [2.75, 3.05) is 20.8 Å². The molecule has 2 rings (SSSR count). The summed E-state index contributed by atoms with van der Waals surface area (Å²) < 4.78 is 15.4.